The molecule has 0 unspecified atom stereocenters. The summed E-state index contributed by atoms with van der Waals surface area (Å²) in [5.41, 5.74) is 4.83. The van der Waals surface area contributed by atoms with Crippen molar-refractivity contribution in [2.75, 3.05) is 14.2 Å². The molecule has 2 aromatic carbocycles. The first-order chi connectivity index (χ1) is 13.2. The second-order valence-electron chi connectivity index (χ2n) is 6.20. The van der Waals surface area contributed by atoms with Crippen LogP contribution >= 0.6 is 12.2 Å². The van der Waals surface area contributed by atoms with Gasteiger partial charge >= 0.3 is 0 Å². The highest BCUT2D eigenvalue weighted by atomic mass is 32.1. The fraction of sp³-hybridized carbons (Fsp3) is 0.200. The Balaban J connectivity index is 1.72. The van der Waals surface area contributed by atoms with Gasteiger partial charge in [-0.1, -0.05) is 18.2 Å². The third-order valence-electron chi connectivity index (χ3n) is 4.61. The Kier molecular flexibility index (Phi) is 4.68. The fourth-order valence-electron chi connectivity index (χ4n) is 3.24. The molecule has 1 atom stereocenters. The summed E-state index contributed by atoms with van der Waals surface area (Å²) in [5, 5.41) is 10.3. The van der Waals surface area contributed by atoms with E-state index in [9.17, 15) is 0 Å². The van der Waals surface area contributed by atoms with E-state index in [1.165, 1.54) is 0 Å². The molecule has 0 radical (unpaired) electrons. The number of hydrazone groups is 1. The average molecular weight is 377 g/mol. The van der Waals surface area contributed by atoms with Crippen molar-refractivity contribution in [3.05, 3.63) is 66.0 Å². The second kappa shape index (κ2) is 7.28. The molecule has 0 saturated carbocycles. The van der Waals surface area contributed by atoms with Crippen molar-refractivity contribution in [2.24, 2.45) is 5.10 Å². The summed E-state index contributed by atoms with van der Waals surface area (Å²) < 4.78 is 5.35. The lowest BCUT2D eigenvalue weighted by Crippen LogP contribution is -2.34. The largest absolute Gasteiger partial charge is 0.497 e. The minimum atomic E-state index is -0.00226. The molecular weight excluding hydrogens is 358 g/mol. The molecule has 0 aliphatic carbocycles. The van der Waals surface area contributed by atoms with Crippen LogP contribution in [-0.2, 0) is 0 Å². The third kappa shape index (κ3) is 3.33. The number of aromatic nitrogens is 2. The molecule has 6 nitrogen and oxygen atoms in total. The number of thiocarbonyl (C=S) groups is 1. The number of rotatable bonds is 3. The van der Waals surface area contributed by atoms with Gasteiger partial charge in [0.25, 0.3) is 0 Å². The molecule has 1 aliphatic heterocycles. The van der Waals surface area contributed by atoms with Gasteiger partial charge in [0.15, 0.2) is 5.11 Å². The maximum atomic E-state index is 5.49. The summed E-state index contributed by atoms with van der Waals surface area (Å²) in [6.07, 6.45) is 4.14. The van der Waals surface area contributed by atoms with Gasteiger partial charge in [-0.15, -0.1) is 0 Å². The van der Waals surface area contributed by atoms with E-state index in [0.717, 1.165) is 40.0 Å². The zero-order valence-corrected chi connectivity index (χ0v) is 15.9. The molecule has 3 aromatic rings. The predicted molar refractivity (Wildman–Crippen MR) is 110 cm³/mol. The SMILES string of the molecule is CNC(=S)N1N=C(c2cccc(OC)c2)C[C@H]1c1ccc2nccnc2c1. The molecule has 27 heavy (non-hydrogen) atoms. The topological polar surface area (TPSA) is 62.6 Å². The van der Waals surface area contributed by atoms with E-state index in [0.29, 0.717) is 5.11 Å². The van der Waals surface area contributed by atoms with Crippen LogP contribution in [0.15, 0.2) is 60.0 Å². The molecule has 4 rings (SSSR count). The summed E-state index contributed by atoms with van der Waals surface area (Å²) in [6, 6.07) is 14.0. The first-order valence-corrected chi connectivity index (χ1v) is 9.04. The molecule has 0 bridgehead atoms. The minimum absolute atomic E-state index is 0.00226. The van der Waals surface area contributed by atoms with Gasteiger partial charge in [0, 0.05) is 31.4 Å². The Labute approximate surface area is 162 Å². The quantitative estimate of drug-likeness (QED) is 0.707. The Hall–Kier alpha value is -3.06. The molecule has 0 fully saturated rings. The lowest BCUT2D eigenvalue weighted by molar-refractivity contribution is 0.367. The number of nitrogens with zero attached hydrogens (tertiary/aromatic N) is 4. The smallest absolute Gasteiger partial charge is 0.189 e. The Morgan fingerprint density at radius 1 is 1.15 bits per heavy atom. The van der Waals surface area contributed by atoms with Crippen LogP contribution in [0.2, 0.25) is 0 Å². The fourth-order valence-corrected chi connectivity index (χ4v) is 3.40. The van der Waals surface area contributed by atoms with Crippen LogP contribution in [0, 0.1) is 0 Å². The van der Waals surface area contributed by atoms with E-state index in [2.05, 4.69) is 27.4 Å². The number of methoxy groups -OCH3 is 1. The van der Waals surface area contributed by atoms with Crippen molar-refractivity contribution in [3.63, 3.8) is 0 Å². The molecule has 0 saturated heterocycles. The Morgan fingerprint density at radius 2 is 1.96 bits per heavy atom. The van der Waals surface area contributed by atoms with E-state index >= 15 is 0 Å². The van der Waals surface area contributed by atoms with Crippen molar-refractivity contribution < 1.29 is 4.74 Å². The molecule has 0 amide bonds. The molecule has 7 heteroatoms. The van der Waals surface area contributed by atoms with Crippen LogP contribution in [0.3, 0.4) is 0 Å². The van der Waals surface area contributed by atoms with Gasteiger partial charge in [-0.05, 0) is 42.0 Å². The van der Waals surface area contributed by atoms with Crippen LogP contribution in [0.4, 0.5) is 0 Å². The van der Waals surface area contributed by atoms with Crippen molar-refractivity contribution in [1.82, 2.24) is 20.3 Å². The number of nitrogens with one attached hydrogen (secondary N) is 1. The van der Waals surface area contributed by atoms with Crippen LogP contribution < -0.4 is 10.1 Å². The van der Waals surface area contributed by atoms with Gasteiger partial charge in [0.1, 0.15) is 5.75 Å². The zero-order valence-electron chi connectivity index (χ0n) is 15.1. The summed E-state index contributed by atoms with van der Waals surface area (Å²) in [7, 11) is 3.47. The van der Waals surface area contributed by atoms with Crippen molar-refractivity contribution >= 4 is 34.1 Å². The van der Waals surface area contributed by atoms with Gasteiger partial charge in [0.05, 0.1) is 29.9 Å². The summed E-state index contributed by atoms with van der Waals surface area (Å²) in [4.78, 5) is 8.76. The second-order valence-corrected chi connectivity index (χ2v) is 6.59. The molecule has 1 N–H and O–H groups in total. The van der Waals surface area contributed by atoms with E-state index in [1.807, 2.05) is 42.4 Å². The van der Waals surface area contributed by atoms with Gasteiger partial charge in [-0.25, -0.2) is 5.01 Å². The van der Waals surface area contributed by atoms with Crippen molar-refractivity contribution in [3.8, 4) is 5.75 Å². The molecule has 1 aliphatic rings. The summed E-state index contributed by atoms with van der Waals surface area (Å²) in [5.74, 6) is 0.808. The highest BCUT2D eigenvalue weighted by Crippen LogP contribution is 2.34. The minimum Gasteiger partial charge on any atom is -0.497 e. The van der Waals surface area contributed by atoms with Crippen LogP contribution in [-0.4, -0.2) is 40.0 Å². The molecule has 136 valence electrons. The Morgan fingerprint density at radius 3 is 2.74 bits per heavy atom. The third-order valence-corrected chi connectivity index (χ3v) is 5.00. The average Bonchev–Trinajstić information content (AvgIpc) is 3.18. The lowest BCUT2D eigenvalue weighted by atomic mass is 9.98. The number of ether oxygens (including phenoxy) is 1. The highest BCUT2D eigenvalue weighted by Gasteiger charge is 2.31. The van der Waals surface area contributed by atoms with Gasteiger partial charge < -0.3 is 10.1 Å². The Bertz CT molecular complexity index is 1040. The van der Waals surface area contributed by atoms with E-state index < -0.39 is 0 Å². The maximum Gasteiger partial charge on any atom is 0.189 e. The molecule has 0 spiro atoms. The number of fused-ring (bicyclic) bond motifs is 1. The molecular formula is C20H19N5OS. The van der Waals surface area contributed by atoms with Crippen molar-refractivity contribution in [1.29, 1.82) is 0 Å². The van der Waals surface area contributed by atoms with Crippen LogP contribution in [0.1, 0.15) is 23.6 Å². The van der Waals surface area contributed by atoms with E-state index in [1.54, 1.807) is 19.5 Å². The number of benzene rings is 2. The number of hydrogen-bond acceptors (Lipinski definition) is 5. The highest BCUT2D eigenvalue weighted by molar-refractivity contribution is 7.80. The van der Waals surface area contributed by atoms with Gasteiger partial charge in [0.2, 0.25) is 0 Å². The lowest BCUT2D eigenvalue weighted by Gasteiger charge is -2.23. The summed E-state index contributed by atoms with van der Waals surface area (Å²) in [6.45, 7) is 0. The van der Waals surface area contributed by atoms with E-state index in [4.69, 9.17) is 22.1 Å². The van der Waals surface area contributed by atoms with E-state index in [-0.39, 0.29) is 6.04 Å². The van der Waals surface area contributed by atoms with Gasteiger partial charge in [-0.2, -0.15) is 5.10 Å². The standard InChI is InChI=1S/C20H19N5OS/c1-21-20(27)25-19(14-6-7-16-18(11-14)23-9-8-22-16)12-17(24-25)13-4-3-5-15(10-13)26-2/h3-11,19H,12H2,1-2H3,(H,21,27)/t19-/m0/s1. The zero-order chi connectivity index (χ0) is 18.8. The van der Waals surface area contributed by atoms with Crippen LogP contribution in [0.5, 0.6) is 5.75 Å². The normalized spacial score (nSPS) is 16.3. The molecule has 2 heterocycles. The maximum absolute atomic E-state index is 5.49. The predicted octanol–water partition coefficient (Wildman–Crippen LogP) is 3.29. The number of hydrogen-bond donors (Lipinski definition) is 1. The van der Waals surface area contributed by atoms with Crippen LogP contribution in [0.25, 0.3) is 11.0 Å². The molecule has 1 aromatic heterocycles. The first kappa shape index (κ1) is 17.4. The van der Waals surface area contributed by atoms with Crippen molar-refractivity contribution in [2.45, 2.75) is 12.5 Å². The monoisotopic (exact) mass is 377 g/mol. The van der Waals surface area contributed by atoms with Gasteiger partial charge in [-0.3, -0.25) is 9.97 Å². The summed E-state index contributed by atoms with van der Waals surface area (Å²) >= 11 is 5.49. The first-order valence-electron chi connectivity index (χ1n) is 8.63.